The first kappa shape index (κ1) is 12.6. The first-order valence-electron chi connectivity index (χ1n) is 6.63. The molecule has 2 rings (SSSR count). The van der Waals surface area contributed by atoms with Crippen molar-refractivity contribution in [3.63, 3.8) is 0 Å². The quantitative estimate of drug-likeness (QED) is 0.868. The van der Waals surface area contributed by atoms with Gasteiger partial charge < -0.3 is 9.84 Å². The largest absolute Gasteiger partial charge is 0.388 e. The molecule has 0 bridgehead atoms. The van der Waals surface area contributed by atoms with E-state index in [1.165, 1.54) is 11.1 Å². The molecular formula is C15H22O2. The van der Waals surface area contributed by atoms with Crippen LogP contribution in [0.1, 0.15) is 43.1 Å². The van der Waals surface area contributed by atoms with Gasteiger partial charge in [-0.2, -0.15) is 0 Å². The Kier molecular flexibility index (Phi) is 4.19. The van der Waals surface area contributed by atoms with Gasteiger partial charge in [0.2, 0.25) is 0 Å². The summed E-state index contributed by atoms with van der Waals surface area (Å²) in [5.74, 6) is 0.271. The average Bonchev–Trinajstić information content (AvgIpc) is 2.91. The SMILES string of the molecule is CCc1ccc(CC)c(C(O)C2CCOC2)c1. The summed E-state index contributed by atoms with van der Waals surface area (Å²) in [6.45, 7) is 5.77. The normalized spacial score (nSPS) is 21.7. The number of aliphatic hydroxyl groups excluding tert-OH is 1. The lowest BCUT2D eigenvalue weighted by atomic mass is 9.89. The van der Waals surface area contributed by atoms with E-state index in [1.54, 1.807) is 0 Å². The van der Waals surface area contributed by atoms with E-state index in [0.29, 0.717) is 6.61 Å². The number of benzene rings is 1. The van der Waals surface area contributed by atoms with E-state index in [1.807, 2.05) is 0 Å². The summed E-state index contributed by atoms with van der Waals surface area (Å²) in [4.78, 5) is 0. The van der Waals surface area contributed by atoms with Crippen molar-refractivity contribution in [2.45, 2.75) is 39.2 Å². The van der Waals surface area contributed by atoms with Crippen LogP contribution < -0.4 is 0 Å². The van der Waals surface area contributed by atoms with E-state index >= 15 is 0 Å². The van der Waals surface area contributed by atoms with E-state index in [4.69, 9.17) is 4.74 Å². The Hall–Kier alpha value is -0.860. The molecule has 2 atom stereocenters. The fraction of sp³-hybridized carbons (Fsp3) is 0.600. The highest BCUT2D eigenvalue weighted by Gasteiger charge is 2.26. The van der Waals surface area contributed by atoms with Crippen LogP contribution in [0.5, 0.6) is 0 Å². The molecule has 1 aromatic rings. The van der Waals surface area contributed by atoms with Crippen LogP contribution in [-0.2, 0) is 17.6 Å². The number of hydrogen-bond donors (Lipinski definition) is 1. The van der Waals surface area contributed by atoms with Crippen molar-refractivity contribution in [1.82, 2.24) is 0 Å². The molecule has 1 aliphatic rings. The standard InChI is InChI=1S/C15H22O2/c1-3-11-5-6-12(4-2)14(9-11)15(16)13-7-8-17-10-13/h5-6,9,13,15-16H,3-4,7-8,10H2,1-2H3. The molecular weight excluding hydrogens is 212 g/mol. The summed E-state index contributed by atoms with van der Waals surface area (Å²) >= 11 is 0. The van der Waals surface area contributed by atoms with Crippen LogP contribution in [0, 0.1) is 5.92 Å². The highest BCUT2D eigenvalue weighted by molar-refractivity contribution is 5.34. The number of aryl methyl sites for hydroxylation is 2. The van der Waals surface area contributed by atoms with Gasteiger partial charge in [-0.15, -0.1) is 0 Å². The summed E-state index contributed by atoms with van der Waals surface area (Å²) in [6, 6.07) is 6.50. The Labute approximate surface area is 104 Å². The van der Waals surface area contributed by atoms with Crippen LogP contribution >= 0.6 is 0 Å². The Morgan fingerprint density at radius 1 is 1.35 bits per heavy atom. The van der Waals surface area contributed by atoms with E-state index in [2.05, 4.69) is 32.0 Å². The van der Waals surface area contributed by atoms with Gasteiger partial charge in [-0.1, -0.05) is 32.0 Å². The number of aliphatic hydroxyl groups is 1. The van der Waals surface area contributed by atoms with Crippen molar-refractivity contribution in [1.29, 1.82) is 0 Å². The second-order valence-corrected chi connectivity index (χ2v) is 4.81. The van der Waals surface area contributed by atoms with Gasteiger partial charge >= 0.3 is 0 Å². The first-order chi connectivity index (χ1) is 8.26. The fourth-order valence-electron chi connectivity index (χ4n) is 2.52. The van der Waals surface area contributed by atoms with Crippen LogP contribution in [0.3, 0.4) is 0 Å². The van der Waals surface area contributed by atoms with Gasteiger partial charge in [-0.25, -0.2) is 0 Å². The van der Waals surface area contributed by atoms with Gasteiger partial charge in [0.25, 0.3) is 0 Å². The molecule has 1 aromatic carbocycles. The minimum atomic E-state index is -0.362. The molecule has 1 fully saturated rings. The van der Waals surface area contributed by atoms with Crippen molar-refractivity contribution in [3.05, 3.63) is 34.9 Å². The lowest BCUT2D eigenvalue weighted by Crippen LogP contribution is -2.14. The van der Waals surface area contributed by atoms with E-state index in [9.17, 15) is 5.11 Å². The van der Waals surface area contributed by atoms with Crippen LogP contribution in [0.25, 0.3) is 0 Å². The highest BCUT2D eigenvalue weighted by atomic mass is 16.5. The summed E-state index contributed by atoms with van der Waals surface area (Å²) in [5.41, 5.74) is 3.68. The Bertz CT molecular complexity index is 367. The van der Waals surface area contributed by atoms with Crippen LogP contribution in [0.4, 0.5) is 0 Å². The summed E-state index contributed by atoms with van der Waals surface area (Å²) in [7, 11) is 0. The monoisotopic (exact) mass is 234 g/mol. The molecule has 0 saturated carbocycles. The Morgan fingerprint density at radius 3 is 2.76 bits per heavy atom. The van der Waals surface area contributed by atoms with Gasteiger partial charge in [-0.3, -0.25) is 0 Å². The molecule has 0 radical (unpaired) electrons. The molecule has 1 N–H and O–H groups in total. The van der Waals surface area contributed by atoms with Crippen molar-refractivity contribution in [3.8, 4) is 0 Å². The Morgan fingerprint density at radius 2 is 2.18 bits per heavy atom. The number of rotatable bonds is 4. The van der Waals surface area contributed by atoms with E-state index in [0.717, 1.165) is 31.4 Å². The topological polar surface area (TPSA) is 29.5 Å². The minimum Gasteiger partial charge on any atom is -0.388 e. The van der Waals surface area contributed by atoms with Gasteiger partial charge in [0.15, 0.2) is 0 Å². The lowest BCUT2D eigenvalue weighted by Gasteiger charge is -2.20. The van der Waals surface area contributed by atoms with Crippen LogP contribution in [-0.4, -0.2) is 18.3 Å². The third kappa shape index (κ3) is 2.70. The molecule has 0 amide bonds. The predicted octanol–water partition coefficient (Wildman–Crippen LogP) is 2.88. The van der Waals surface area contributed by atoms with Gasteiger partial charge in [-0.05, 0) is 36.0 Å². The molecule has 94 valence electrons. The fourth-order valence-corrected chi connectivity index (χ4v) is 2.52. The van der Waals surface area contributed by atoms with E-state index in [-0.39, 0.29) is 12.0 Å². The lowest BCUT2D eigenvalue weighted by molar-refractivity contribution is 0.0911. The Balaban J connectivity index is 2.27. The molecule has 2 unspecified atom stereocenters. The predicted molar refractivity (Wildman–Crippen MR) is 69.1 cm³/mol. The average molecular weight is 234 g/mol. The van der Waals surface area contributed by atoms with Gasteiger partial charge in [0.1, 0.15) is 0 Å². The third-order valence-electron chi connectivity index (χ3n) is 3.73. The van der Waals surface area contributed by atoms with Gasteiger partial charge in [0.05, 0.1) is 12.7 Å². The smallest absolute Gasteiger partial charge is 0.0843 e. The molecule has 1 aliphatic heterocycles. The molecule has 1 heterocycles. The second-order valence-electron chi connectivity index (χ2n) is 4.81. The van der Waals surface area contributed by atoms with Crippen LogP contribution in [0.15, 0.2) is 18.2 Å². The highest BCUT2D eigenvalue weighted by Crippen LogP contribution is 2.31. The second kappa shape index (κ2) is 5.65. The molecule has 2 heteroatoms. The molecule has 17 heavy (non-hydrogen) atoms. The maximum absolute atomic E-state index is 10.5. The number of hydrogen-bond acceptors (Lipinski definition) is 2. The van der Waals surface area contributed by atoms with Crippen molar-refractivity contribution >= 4 is 0 Å². The van der Waals surface area contributed by atoms with Crippen LogP contribution in [0.2, 0.25) is 0 Å². The van der Waals surface area contributed by atoms with E-state index < -0.39 is 0 Å². The third-order valence-corrected chi connectivity index (χ3v) is 3.73. The maximum Gasteiger partial charge on any atom is 0.0843 e. The zero-order chi connectivity index (χ0) is 12.3. The molecule has 0 spiro atoms. The van der Waals surface area contributed by atoms with Crippen molar-refractivity contribution < 1.29 is 9.84 Å². The maximum atomic E-state index is 10.5. The van der Waals surface area contributed by atoms with Gasteiger partial charge in [0, 0.05) is 12.5 Å². The summed E-state index contributed by atoms with van der Waals surface area (Å²) in [5, 5.41) is 10.5. The number of ether oxygens (including phenoxy) is 1. The minimum absolute atomic E-state index is 0.271. The molecule has 1 saturated heterocycles. The summed E-state index contributed by atoms with van der Waals surface area (Å²) in [6.07, 6.45) is 2.61. The summed E-state index contributed by atoms with van der Waals surface area (Å²) < 4.78 is 5.37. The molecule has 0 aromatic heterocycles. The van der Waals surface area contributed by atoms with Crippen molar-refractivity contribution in [2.24, 2.45) is 5.92 Å². The van der Waals surface area contributed by atoms with Crippen molar-refractivity contribution in [2.75, 3.05) is 13.2 Å². The zero-order valence-electron chi connectivity index (χ0n) is 10.8. The first-order valence-corrected chi connectivity index (χ1v) is 6.63. The zero-order valence-corrected chi connectivity index (χ0v) is 10.8. The molecule has 0 aliphatic carbocycles. The molecule has 2 nitrogen and oxygen atoms in total.